The lowest BCUT2D eigenvalue weighted by atomic mass is 10.0. The first-order valence-electron chi connectivity index (χ1n) is 7.38. The molecule has 120 valence electrons. The number of hydrogen-bond acceptors (Lipinski definition) is 4. The number of hydrogen-bond donors (Lipinski definition) is 1. The maximum Gasteiger partial charge on any atom is 0.359 e. The van der Waals surface area contributed by atoms with E-state index in [2.05, 4.69) is 10.2 Å². The van der Waals surface area contributed by atoms with Crippen molar-refractivity contribution in [3.05, 3.63) is 51.8 Å². The fraction of sp³-hybridized carbons (Fsp3) is 0.312. The van der Waals surface area contributed by atoms with Crippen LogP contribution in [0.2, 0.25) is 5.02 Å². The topological polar surface area (TPSA) is 75.3 Å². The molecule has 1 aliphatic rings. The van der Waals surface area contributed by atoms with Crippen LogP contribution < -0.4 is 0 Å². The number of esters is 1. The highest BCUT2D eigenvalue weighted by molar-refractivity contribution is 6.30. The molecule has 1 N–H and O–H groups in total. The zero-order valence-corrected chi connectivity index (χ0v) is 13.4. The van der Waals surface area contributed by atoms with E-state index in [4.69, 9.17) is 16.3 Å². The third-order valence-electron chi connectivity index (χ3n) is 3.76. The van der Waals surface area contributed by atoms with E-state index < -0.39 is 5.97 Å². The molecule has 0 bridgehead atoms. The average molecular weight is 334 g/mol. The van der Waals surface area contributed by atoms with Crippen molar-refractivity contribution in [1.29, 1.82) is 0 Å². The van der Waals surface area contributed by atoms with Crippen molar-refractivity contribution in [2.24, 2.45) is 0 Å². The lowest BCUT2D eigenvalue weighted by molar-refractivity contribution is 0.0513. The van der Waals surface area contributed by atoms with Gasteiger partial charge in [0, 0.05) is 34.8 Å². The van der Waals surface area contributed by atoms with Crippen LogP contribution in [-0.2, 0) is 17.7 Å². The smallest absolute Gasteiger partial charge is 0.359 e. The summed E-state index contributed by atoms with van der Waals surface area (Å²) in [4.78, 5) is 26.2. The van der Waals surface area contributed by atoms with Gasteiger partial charge < -0.3 is 9.64 Å². The first-order chi connectivity index (χ1) is 11.1. The normalized spacial score (nSPS) is 13.6. The quantitative estimate of drug-likeness (QED) is 0.875. The summed E-state index contributed by atoms with van der Waals surface area (Å²) in [6.45, 7) is 2.91. The summed E-state index contributed by atoms with van der Waals surface area (Å²) < 4.78 is 5.01. The van der Waals surface area contributed by atoms with Crippen molar-refractivity contribution in [3.63, 3.8) is 0 Å². The molecule has 0 unspecified atom stereocenters. The minimum absolute atomic E-state index is 0.117. The van der Waals surface area contributed by atoms with Gasteiger partial charge in [0.25, 0.3) is 5.91 Å². The van der Waals surface area contributed by atoms with E-state index in [0.29, 0.717) is 30.1 Å². The fourth-order valence-electron chi connectivity index (χ4n) is 2.64. The molecule has 0 saturated carbocycles. The number of fused-ring (bicyclic) bond motifs is 1. The Bertz CT molecular complexity index is 757. The van der Waals surface area contributed by atoms with E-state index in [1.165, 1.54) is 0 Å². The Morgan fingerprint density at radius 1 is 1.43 bits per heavy atom. The minimum Gasteiger partial charge on any atom is -0.461 e. The van der Waals surface area contributed by atoms with Crippen LogP contribution in [-0.4, -0.2) is 40.1 Å². The van der Waals surface area contributed by atoms with Crippen molar-refractivity contribution in [2.75, 3.05) is 13.2 Å². The number of rotatable bonds is 3. The monoisotopic (exact) mass is 333 g/mol. The van der Waals surface area contributed by atoms with Gasteiger partial charge in [-0.15, -0.1) is 0 Å². The van der Waals surface area contributed by atoms with Gasteiger partial charge in [0.2, 0.25) is 0 Å². The molecule has 2 heterocycles. The Morgan fingerprint density at radius 3 is 3.00 bits per heavy atom. The summed E-state index contributed by atoms with van der Waals surface area (Å²) in [5.41, 5.74) is 2.39. The summed E-state index contributed by atoms with van der Waals surface area (Å²) in [6, 6.07) is 6.83. The standard InChI is InChI=1S/C16H16ClN3O3/c1-2-23-16(22)14-12-9-20(7-6-13(12)18-19-14)15(21)10-4-3-5-11(17)8-10/h3-5,8H,2,6-7,9H2,1H3,(H,18,19). The molecule has 23 heavy (non-hydrogen) atoms. The van der Waals surface area contributed by atoms with Crippen molar-refractivity contribution < 1.29 is 14.3 Å². The van der Waals surface area contributed by atoms with Crippen LogP contribution in [0.5, 0.6) is 0 Å². The molecule has 1 aromatic heterocycles. The van der Waals surface area contributed by atoms with E-state index in [0.717, 1.165) is 11.3 Å². The number of aromatic amines is 1. The molecule has 1 amide bonds. The number of ether oxygens (including phenoxy) is 1. The molecule has 2 aromatic rings. The van der Waals surface area contributed by atoms with Crippen LogP contribution in [0.25, 0.3) is 0 Å². The molecule has 6 nitrogen and oxygen atoms in total. The zero-order valence-electron chi connectivity index (χ0n) is 12.6. The third kappa shape index (κ3) is 3.07. The number of carbonyl (C=O) groups is 2. The molecule has 1 aromatic carbocycles. The Balaban J connectivity index is 1.83. The first-order valence-corrected chi connectivity index (χ1v) is 7.76. The van der Waals surface area contributed by atoms with E-state index in [9.17, 15) is 9.59 Å². The second-order valence-corrected chi connectivity index (χ2v) is 5.67. The number of amides is 1. The summed E-state index contributed by atoms with van der Waals surface area (Å²) in [6.07, 6.45) is 0.619. The number of benzene rings is 1. The molecule has 3 rings (SSSR count). The number of halogens is 1. The molecular weight excluding hydrogens is 318 g/mol. The van der Waals surface area contributed by atoms with Crippen LogP contribution in [0, 0.1) is 0 Å². The van der Waals surface area contributed by atoms with E-state index in [1.54, 1.807) is 36.1 Å². The van der Waals surface area contributed by atoms with Gasteiger partial charge >= 0.3 is 5.97 Å². The zero-order chi connectivity index (χ0) is 16.4. The van der Waals surface area contributed by atoms with Crippen molar-refractivity contribution in [2.45, 2.75) is 19.9 Å². The van der Waals surface area contributed by atoms with Crippen LogP contribution in [0.1, 0.15) is 39.0 Å². The fourth-order valence-corrected chi connectivity index (χ4v) is 2.83. The summed E-state index contributed by atoms with van der Waals surface area (Å²) in [5.74, 6) is -0.587. The van der Waals surface area contributed by atoms with Gasteiger partial charge in [0.1, 0.15) is 0 Å². The highest BCUT2D eigenvalue weighted by Gasteiger charge is 2.28. The summed E-state index contributed by atoms with van der Waals surface area (Å²) in [7, 11) is 0. The highest BCUT2D eigenvalue weighted by atomic mass is 35.5. The SMILES string of the molecule is CCOC(=O)c1n[nH]c2c1CN(C(=O)c1cccc(Cl)c1)CC2. The van der Waals surface area contributed by atoms with Gasteiger partial charge in [-0.2, -0.15) is 5.10 Å². The minimum atomic E-state index is -0.470. The van der Waals surface area contributed by atoms with E-state index in [1.807, 2.05) is 0 Å². The second-order valence-electron chi connectivity index (χ2n) is 5.24. The maximum absolute atomic E-state index is 12.6. The average Bonchev–Trinajstić information content (AvgIpc) is 2.97. The molecular formula is C16H16ClN3O3. The molecule has 0 saturated heterocycles. The number of carbonyl (C=O) groups excluding carboxylic acids is 2. The van der Waals surface area contributed by atoms with Crippen molar-refractivity contribution in [1.82, 2.24) is 15.1 Å². The largest absolute Gasteiger partial charge is 0.461 e. The Hall–Kier alpha value is -2.34. The van der Waals surface area contributed by atoms with Gasteiger partial charge in [-0.25, -0.2) is 4.79 Å². The summed E-state index contributed by atoms with van der Waals surface area (Å²) >= 11 is 5.95. The number of nitrogens with zero attached hydrogens (tertiary/aromatic N) is 2. The second kappa shape index (κ2) is 6.42. The van der Waals surface area contributed by atoms with Gasteiger partial charge in [0.15, 0.2) is 5.69 Å². The van der Waals surface area contributed by atoms with Crippen LogP contribution in [0.4, 0.5) is 0 Å². The lowest BCUT2D eigenvalue weighted by Crippen LogP contribution is -2.36. The van der Waals surface area contributed by atoms with Gasteiger partial charge in [-0.1, -0.05) is 17.7 Å². The van der Waals surface area contributed by atoms with Gasteiger partial charge in [0.05, 0.1) is 13.2 Å². The van der Waals surface area contributed by atoms with Crippen LogP contribution in [0.3, 0.4) is 0 Å². The molecule has 0 radical (unpaired) electrons. The van der Waals surface area contributed by atoms with Gasteiger partial charge in [-0.3, -0.25) is 9.89 Å². The number of H-pyrrole nitrogens is 1. The Morgan fingerprint density at radius 2 is 2.26 bits per heavy atom. The highest BCUT2D eigenvalue weighted by Crippen LogP contribution is 2.23. The maximum atomic E-state index is 12.6. The molecule has 1 aliphatic heterocycles. The first kappa shape index (κ1) is 15.6. The van der Waals surface area contributed by atoms with Gasteiger partial charge in [-0.05, 0) is 25.1 Å². The van der Waals surface area contributed by atoms with Crippen molar-refractivity contribution in [3.8, 4) is 0 Å². The van der Waals surface area contributed by atoms with Crippen molar-refractivity contribution >= 4 is 23.5 Å². The molecule has 0 spiro atoms. The molecule has 0 aliphatic carbocycles. The number of aromatic nitrogens is 2. The number of nitrogens with one attached hydrogen (secondary N) is 1. The molecule has 0 fully saturated rings. The lowest BCUT2D eigenvalue weighted by Gasteiger charge is -2.27. The van der Waals surface area contributed by atoms with E-state index >= 15 is 0 Å². The predicted octanol–water partition coefficient (Wildman–Crippen LogP) is 2.44. The van der Waals surface area contributed by atoms with Crippen LogP contribution >= 0.6 is 11.6 Å². The Kier molecular flexibility index (Phi) is 4.34. The summed E-state index contributed by atoms with van der Waals surface area (Å²) in [5, 5.41) is 7.42. The predicted molar refractivity (Wildman–Crippen MR) is 84.4 cm³/mol. The molecule has 0 atom stereocenters. The molecule has 7 heteroatoms. The Labute approximate surface area is 138 Å². The third-order valence-corrected chi connectivity index (χ3v) is 4.00. The van der Waals surface area contributed by atoms with Crippen LogP contribution in [0.15, 0.2) is 24.3 Å². The van der Waals surface area contributed by atoms with E-state index in [-0.39, 0.29) is 18.2 Å².